The summed E-state index contributed by atoms with van der Waals surface area (Å²) >= 11 is 3.45. The van der Waals surface area contributed by atoms with Crippen LogP contribution < -0.4 is 5.32 Å². The zero-order valence-corrected chi connectivity index (χ0v) is 20.6. The minimum atomic E-state index is -4.56. The molecular weight excluding hydrogens is 483 g/mol. The van der Waals surface area contributed by atoms with Crippen LogP contribution in [-0.4, -0.2) is 70.7 Å². The van der Waals surface area contributed by atoms with E-state index in [1.165, 1.54) is 18.5 Å². The second-order valence-electron chi connectivity index (χ2n) is 8.23. The van der Waals surface area contributed by atoms with Crippen molar-refractivity contribution >= 4 is 44.9 Å². The summed E-state index contributed by atoms with van der Waals surface area (Å²) in [5.41, 5.74) is 0.340. The van der Waals surface area contributed by atoms with E-state index < -0.39 is 17.6 Å². The molecule has 1 aromatic carbocycles. The van der Waals surface area contributed by atoms with Gasteiger partial charge in [0.2, 0.25) is 5.91 Å². The number of nitrogens with one attached hydrogen (secondary N) is 1. The van der Waals surface area contributed by atoms with Crippen LogP contribution in [0.1, 0.15) is 17.0 Å². The van der Waals surface area contributed by atoms with E-state index in [1.54, 1.807) is 23.1 Å². The fraction of sp³-hybridized carbons (Fsp3) is 0.435. The number of amides is 1. The topological polar surface area (TPSA) is 61.4 Å². The van der Waals surface area contributed by atoms with E-state index >= 15 is 0 Å². The molecule has 0 radical (unpaired) electrons. The summed E-state index contributed by atoms with van der Waals surface area (Å²) < 4.78 is 42.5. The number of anilines is 1. The van der Waals surface area contributed by atoms with E-state index in [-0.39, 0.29) is 23.6 Å². The lowest BCUT2D eigenvalue weighted by molar-refractivity contribution is -0.137. The van der Waals surface area contributed by atoms with Crippen LogP contribution in [-0.2, 0) is 11.0 Å². The molecule has 0 unspecified atom stereocenters. The van der Waals surface area contributed by atoms with Gasteiger partial charge in [0.05, 0.1) is 33.7 Å². The Morgan fingerprint density at radius 3 is 2.53 bits per heavy atom. The second kappa shape index (κ2) is 10.6. The first-order valence-electron chi connectivity index (χ1n) is 11.0. The largest absolute Gasteiger partial charge is 0.418 e. The maximum absolute atomic E-state index is 13.4. The predicted molar refractivity (Wildman–Crippen MR) is 131 cm³/mol. The number of thioether (sulfide) groups is 1. The number of aryl methyl sites for hydroxylation is 2. The molecule has 2 aromatic heterocycles. The molecule has 4 rings (SSSR count). The monoisotopic (exact) mass is 509 g/mol. The molecule has 1 aliphatic heterocycles. The number of piperazine rings is 1. The van der Waals surface area contributed by atoms with E-state index in [9.17, 15) is 18.0 Å². The molecule has 0 saturated carbocycles. The van der Waals surface area contributed by atoms with E-state index in [4.69, 9.17) is 0 Å². The minimum Gasteiger partial charge on any atom is -0.323 e. The highest BCUT2D eigenvalue weighted by atomic mass is 32.2. The normalized spacial score (nSPS) is 15.7. The van der Waals surface area contributed by atoms with Gasteiger partial charge in [0.1, 0.15) is 0 Å². The standard InChI is InChI=1S/C23H26F3N5OS2/c1-15-13-17(23(24,25)26)21(16(2)27-15)29-20(32)14-31-9-7-30(8-10-31)11-12-33-22-28-18-5-3-4-6-19(18)34-22/h3-6,13H,7-12,14H2,1-2H3,(H,29,32). The maximum atomic E-state index is 13.4. The molecule has 0 bridgehead atoms. The number of carbonyl (C=O) groups excluding carboxylic acids is 1. The number of halogens is 3. The van der Waals surface area contributed by atoms with Crippen molar-refractivity contribution in [3.8, 4) is 0 Å². The summed E-state index contributed by atoms with van der Waals surface area (Å²) in [6.07, 6.45) is -4.56. The molecule has 0 aliphatic carbocycles. The number of benzene rings is 1. The first kappa shape index (κ1) is 24.9. The van der Waals surface area contributed by atoms with Crippen LogP contribution in [0.5, 0.6) is 0 Å². The lowest BCUT2D eigenvalue weighted by atomic mass is 10.1. The van der Waals surface area contributed by atoms with Gasteiger partial charge >= 0.3 is 6.18 Å². The Bertz CT molecular complexity index is 1130. The van der Waals surface area contributed by atoms with Crippen LogP contribution >= 0.6 is 23.1 Å². The van der Waals surface area contributed by atoms with Gasteiger partial charge in [0.15, 0.2) is 4.34 Å². The summed E-state index contributed by atoms with van der Waals surface area (Å²) in [4.78, 5) is 25.5. The number of alkyl halides is 3. The van der Waals surface area contributed by atoms with Gasteiger partial charge in [0, 0.05) is 44.2 Å². The summed E-state index contributed by atoms with van der Waals surface area (Å²) in [6, 6.07) is 9.07. The van der Waals surface area contributed by atoms with Gasteiger partial charge in [-0.05, 0) is 32.0 Å². The van der Waals surface area contributed by atoms with Gasteiger partial charge in [-0.15, -0.1) is 11.3 Å². The number of fused-ring (bicyclic) bond motifs is 1. The van der Waals surface area contributed by atoms with Crippen LogP contribution in [0.25, 0.3) is 10.2 Å². The van der Waals surface area contributed by atoms with Crippen molar-refractivity contribution in [3.63, 3.8) is 0 Å². The van der Waals surface area contributed by atoms with Crippen LogP contribution in [0.3, 0.4) is 0 Å². The van der Waals surface area contributed by atoms with Gasteiger partial charge in [0.25, 0.3) is 0 Å². The Kier molecular flexibility index (Phi) is 7.76. The zero-order valence-electron chi connectivity index (χ0n) is 19.0. The van der Waals surface area contributed by atoms with Gasteiger partial charge < -0.3 is 5.32 Å². The number of pyridine rings is 1. The number of nitrogens with zero attached hydrogens (tertiary/aromatic N) is 4. The average molecular weight is 510 g/mol. The van der Waals surface area contributed by atoms with Crippen LogP contribution in [0.4, 0.5) is 18.9 Å². The van der Waals surface area contributed by atoms with Crippen molar-refractivity contribution in [2.75, 3.05) is 50.3 Å². The molecule has 6 nitrogen and oxygen atoms in total. The number of thiazole rings is 1. The summed E-state index contributed by atoms with van der Waals surface area (Å²) in [5, 5.41) is 2.45. The van der Waals surface area contributed by atoms with Crippen molar-refractivity contribution in [2.24, 2.45) is 0 Å². The second-order valence-corrected chi connectivity index (χ2v) is 10.6. The van der Waals surface area contributed by atoms with Crippen molar-refractivity contribution in [2.45, 2.75) is 24.4 Å². The molecular formula is C23H26F3N5OS2. The molecule has 11 heteroatoms. The van der Waals surface area contributed by atoms with Gasteiger partial charge in [-0.1, -0.05) is 23.9 Å². The third kappa shape index (κ3) is 6.26. The minimum absolute atomic E-state index is 0.0545. The van der Waals surface area contributed by atoms with Crippen LogP contribution in [0, 0.1) is 13.8 Å². The fourth-order valence-electron chi connectivity index (χ4n) is 3.94. The molecule has 182 valence electrons. The predicted octanol–water partition coefficient (Wildman–Crippen LogP) is 4.68. The quantitative estimate of drug-likeness (QED) is 0.467. The van der Waals surface area contributed by atoms with Crippen molar-refractivity contribution in [3.05, 3.63) is 47.3 Å². The van der Waals surface area contributed by atoms with Crippen LogP contribution in [0.15, 0.2) is 34.7 Å². The maximum Gasteiger partial charge on any atom is 0.418 e. The third-order valence-electron chi connectivity index (χ3n) is 5.64. The summed E-state index contributed by atoms with van der Waals surface area (Å²) in [5.74, 6) is 0.472. The van der Waals surface area contributed by atoms with Crippen molar-refractivity contribution in [1.82, 2.24) is 19.8 Å². The number of carbonyl (C=O) groups is 1. The van der Waals surface area contributed by atoms with Gasteiger partial charge in [-0.25, -0.2) is 4.98 Å². The van der Waals surface area contributed by atoms with Crippen LogP contribution in [0.2, 0.25) is 0 Å². The Hall–Kier alpha value is -2.21. The Morgan fingerprint density at radius 1 is 1.12 bits per heavy atom. The molecule has 1 aliphatic rings. The first-order valence-corrected chi connectivity index (χ1v) is 12.8. The highest BCUT2D eigenvalue weighted by Gasteiger charge is 2.35. The summed E-state index contributed by atoms with van der Waals surface area (Å²) in [6.45, 7) is 6.96. The number of hydrogen-bond acceptors (Lipinski definition) is 7. The van der Waals surface area contributed by atoms with E-state index in [0.29, 0.717) is 13.1 Å². The molecule has 1 N–H and O–H groups in total. The lowest BCUT2D eigenvalue weighted by Gasteiger charge is -2.34. The van der Waals surface area contributed by atoms with Gasteiger partial charge in [-0.2, -0.15) is 13.2 Å². The van der Waals surface area contributed by atoms with E-state index in [1.807, 2.05) is 23.1 Å². The van der Waals surface area contributed by atoms with Gasteiger partial charge in [-0.3, -0.25) is 19.6 Å². The molecule has 34 heavy (non-hydrogen) atoms. The number of para-hydroxylation sites is 1. The SMILES string of the molecule is Cc1cc(C(F)(F)F)c(NC(=O)CN2CCN(CCSc3nc4ccccc4s3)CC2)c(C)n1. The Morgan fingerprint density at radius 2 is 1.82 bits per heavy atom. The lowest BCUT2D eigenvalue weighted by Crippen LogP contribution is -2.49. The molecule has 3 aromatic rings. The molecule has 3 heterocycles. The molecule has 1 amide bonds. The molecule has 0 spiro atoms. The molecule has 1 saturated heterocycles. The fourth-order valence-corrected chi connectivity index (χ4v) is 6.08. The highest BCUT2D eigenvalue weighted by Crippen LogP contribution is 2.36. The Labute approximate surface area is 204 Å². The highest BCUT2D eigenvalue weighted by molar-refractivity contribution is 8.01. The first-order chi connectivity index (χ1) is 16.2. The number of rotatable bonds is 7. The van der Waals surface area contributed by atoms with E-state index in [0.717, 1.165) is 41.3 Å². The van der Waals surface area contributed by atoms with E-state index in [2.05, 4.69) is 26.3 Å². The Balaban J connectivity index is 1.23. The average Bonchev–Trinajstić information content (AvgIpc) is 3.19. The molecule has 0 atom stereocenters. The smallest absolute Gasteiger partial charge is 0.323 e. The molecule has 1 fully saturated rings. The zero-order chi connectivity index (χ0) is 24.3. The number of hydrogen-bond donors (Lipinski definition) is 1. The van der Waals surface area contributed by atoms with Crippen molar-refractivity contribution < 1.29 is 18.0 Å². The summed E-state index contributed by atoms with van der Waals surface area (Å²) in [7, 11) is 0. The van der Waals surface area contributed by atoms with Crippen molar-refractivity contribution in [1.29, 1.82) is 0 Å². The third-order valence-corrected chi connectivity index (χ3v) is 7.80. The number of aromatic nitrogens is 2.